The van der Waals surface area contributed by atoms with Crippen molar-refractivity contribution in [1.29, 1.82) is 0 Å². The van der Waals surface area contributed by atoms with Crippen LogP contribution in [0.25, 0.3) is 22.6 Å². The highest BCUT2D eigenvalue weighted by atomic mass is 16.7. The SMILES string of the molecule is Cc1ncoc1-c1ccccc1N(CC1=NCCN1)OC(=O)/C=C/C(=O)ON(CC1=NCCN1)c1ccccc1-c1ocnc1C. The van der Waals surface area contributed by atoms with Gasteiger partial charge in [0.05, 0.1) is 35.9 Å². The number of aryl methyl sites for hydroxylation is 2. The first kappa shape index (κ1) is 30.1. The molecule has 0 saturated carbocycles. The Hall–Kier alpha value is -5.92. The highest BCUT2D eigenvalue weighted by Crippen LogP contribution is 2.34. The van der Waals surface area contributed by atoms with Gasteiger partial charge in [0.15, 0.2) is 24.3 Å². The van der Waals surface area contributed by atoms with E-state index in [1.54, 1.807) is 12.1 Å². The van der Waals surface area contributed by atoms with E-state index in [1.807, 2.05) is 50.2 Å². The highest BCUT2D eigenvalue weighted by Gasteiger charge is 2.24. The zero-order valence-corrected chi connectivity index (χ0v) is 25.3. The molecule has 6 rings (SSSR count). The predicted molar refractivity (Wildman–Crippen MR) is 170 cm³/mol. The number of hydrogen-bond acceptors (Lipinski definition) is 14. The molecule has 14 heteroatoms. The minimum absolute atomic E-state index is 0.148. The summed E-state index contributed by atoms with van der Waals surface area (Å²) in [6.07, 6.45) is 4.74. The normalized spacial score (nSPS) is 14.0. The Balaban J connectivity index is 1.21. The largest absolute Gasteiger partial charge is 0.443 e. The molecule has 0 spiro atoms. The van der Waals surface area contributed by atoms with E-state index in [2.05, 4.69) is 30.6 Å². The number of carbonyl (C=O) groups excluding carboxylic acids is 2. The van der Waals surface area contributed by atoms with Crippen molar-refractivity contribution in [3.8, 4) is 22.6 Å². The molecule has 4 aromatic rings. The van der Waals surface area contributed by atoms with Crippen LogP contribution in [0.5, 0.6) is 0 Å². The van der Waals surface area contributed by atoms with Gasteiger partial charge in [-0.05, 0) is 38.1 Å². The Morgan fingerprint density at radius 3 is 1.54 bits per heavy atom. The number of para-hydroxylation sites is 2. The number of benzene rings is 2. The van der Waals surface area contributed by atoms with Crippen molar-refractivity contribution in [3.05, 3.63) is 84.9 Å². The summed E-state index contributed by atoms with van der Waals surface area (Å²) in [6.45, 7) is 6.54. The number of nitrogens with zero attached hydrogens (tertiary/aromatic N) is 6. The van der Waals surface area contributed by atoms with Gasteiger partial charge in [-0.25, -0.2) is 19.6 Å². The van der Waals surface area contributed by atoms with E-state index in [9.17, 15) is 9.59 Å². The number of rotatable bonds is 12. The van der Waals surface area contributed by atoms with Gasteiger partial charge >= 0.3 is 11.9 Å². The van der Waals surface area contributed by atoms with Gasteiger partial charge < -0.3 is 29.1 Å². The smallest absolute Gasteiger partial charge is 0.356 e. The van der Waals surface area contributed by atoms with E-state index in [0.29, 0.717) is 83.3 Å². The van der Waals surface area contributed by atoms with E-state index in [-0.39, 0.29) is 13.1 Å². The molecule has 2 aliphatic rings. The van der Waals surface area contributed by atoms with Gasteiger partial charge in [-0.15, -0.1) is 0 Å². The third-order valence-electron chi connectivity index (χ3n) is 7.16. The Bertz CT molecular complexity index is 1680. The van der Waals surface area contributed by atoms with Crippen molar-refractivity contribution in [3.63, 3.8) is 0 Å². The Morgan fingerprint density at radius 2 is 1.17 bits per heavy atom. The average Bonchev–Trinajstić information content (AvgIpc) is 3.90. The van der Waals surface area contributed by atoms with E-state index in [4.69, 9.17) is 18.5 Å². The fourth-order valence-corrected chi connectivity index (χ4v) is 5.01. The molecule has 0 atom stereocenters. The zero-order valence-electron chi connectivity index (χ0n) is 25.3. The summed E-state index contributed by atoms with van der Waals surface area (Å²) < 4.78 is 11.3. The number of nitrogens with one attached hydrogen (secondary N) is 2. The summed E-state index contributed by atoms with van der Waals surface area (Å²) in [7, 11) is 0. The van der Waals surface area contributed by atoms with E-state index in [0.717, 1.165) is 12.2 Å². The van der Waals surface area contributed by atoms with E-state index in [1.165, 1.54) is 22.9 Å². The van der Waals surface area contributed by atoms with Crippen molar-refractivity contribution >= 4 is 35.0 Å². The van der Waals surface area contributed by atoms with Gasteiger partial charge in [-0.1, -0.05) is 24.3 Å². The maximum Gasteiger partial charge on any atom is 0.356 e. The van der Waals surface area contributed by atoms with Crippen LogP contribution in [0.2, 0.25) is 0 Å². The first-order chi connectivity index (χ1) is 22.5. The zero-order chi connectivity index (χ0) is 31.9. The van der Waals surface area contributed by atoms with Crippen LogP contribution in [0.4, 0.5) is 11.4 Å². The van der Waals surface area contributed by atoms with Gasteiger partial charge in [0.25, 0.3) is 0 Å². The number of oxazole rings is 2. The summed E-state index contributed by atoms with van der Waals surface area (Å²) >= 11 is 0. The van der Waals surface area contributed by atoms with Crippen LogP contribution in [0.1, 0.15) is 11.4 Å². The molecule has 0 aliphatic carbocycles. The maximum absolute atomic E-state index is 13.1. The molecule has 0 amide bonds. The molecular formula is C32H32N8O6. The lowest BCUT2D eigenvalue weighted by Gasteiger charge is -2.25. The molecule has 0 fully saturated rings. The minimum Gasteiger partial charge on any atom is -0.443 e. The van der Waals surface area contributed by atoms with Crippen molar-refractivity contribution in [1.82, 2.24) is 20.6 Å². The first-order valence-corrected chi connectivity index (χ1v) is 14.7. The summed E-state index contributed by atoms with van der Waals surface area (Å²) in [6, 6.07) is 14.6. The number of aliphatic imine (C=N–C) groups is 2. The molecule has 236 valence electrons. The van der Waals surface area contributed by atoms with E-state index < -0.39 is 11.9 Å². The Labute approximate surface area is 264 Å². The summed E-state index contributed by atoms with van der Waals surface area (Å²) in [5.74, 6) is 0.787. The van der Waals surface area contributed by atoms with Gasteiger partial charge in [0.1, 0.15) is 24.8 Å². The molecule has 14 nitrogen and oxygen atoms in total. The second-order valence-corrected chi connectivity index (χ2v) is 10.3. The van der Waals surface area contributed by atoms with E-state index >= 15 is 0 Å². The molecule has 0 saturated heterocycles. The Kier molecular flexibility index (Phi) is 9.04. The third kappa shape index (κ3) is 6.90. The third-order valence-corrected chi connectivity index (χ3v) is 7.16. The quantitative estimate of drug-likeness (QED) is 0.175. The fourth-order valence-electron chi connectivity index (χ4n) is 5.01. The molecule has 2 aromatic carbocycles. The van der Waals surface area contributed by atoms with Gasteiger partial charge in [0.2, 0.25) is 0 Å². The molecule has 2 aromatic heterocycles. The minimum atomic E-state index is -0.800. The van der Waals surface area contributed by atoms with Crippen LogP contribution in [0.15, 0.2) is 92.3 Å². The van der Waals surface area contributed by atoms with Crippen LogP contribution in [-0.2, 0) is 19.3 Å². The van der Waals surface area contributed by atoms with Crippen LogP contribution >= 0.6 is 0 Å². The number of hydrogen-bond donors (Lipinski definition) is 2. The van der Waals surface area contributed by atoms with Crippen LogP contribution < -0.4 is 20.8 Å². The molecule has 0 unspecified atom stereocenters. The van der Waals surface area contributed by atoms with Crippen molar-refractivity contribution in [2.45, 2.75) is 13.8 Å². The van der Waals surface area contributed by atoms with Crippen molar-refractivity contribution < 1.29 is 28.1 Å². The van der Waals surface area contributed by atoms with Crippen LogP contribution in [0.3, 0.4) is 0 Å². The number of hydroxylamine groups is 2. The maximum atomic E-state index is 13.1. The lowest BCUT2D eigenvalue weighted by atomic mass is 10.1. The Morgan fingerprint density at radius 1 is 0.739 bits per heavy atom. The van der Waals surface area contributed by atoms with Crippen molar-refractivity contribution in [2.24, 2.45) is 9.98 Å². The lowest BCUT2D eigenvalue weighted by molar-refractivity contribution is -0.141. The summed E-state index contributed by atoms with van der Waals surface area (Å²) in [5.41, 5.74) is 3.82. The molecule has 2 aliphatic heterocycles. The molecular weight excluding hydrogens is 592 g/mol. The fraction of sp³-hybridized carbons (Fsp3) is 0.250. The number of aromatic nitrogens is 2. The predicted octanol–water partition coefficient (Wildman–Crippen LogP) is 3.40. The number of anilines is 2. The monoisotopic (exact) mass is 624 g/mol. The molecule has 4 heterocycles. The van der Waals surface area contributed by atoms with Crippen LogP contribution in [-0.4, -0.2) is 72.8 Å². The topological polar surface area (TPSA) is 160 Å². The van der Waals surface area contributed by atoms with Crippen molar-refractivity contribution in [2.75, 3.05) is 49.4 Å². The van der Waals surface area contributed by atoms with Crippen LogP contribution in [0, 0.1) is 13.8 Å². The summed E-state index contributed by atoms with van der Waals surface area (Å²) in [4.78, 5) is 55.1. The van der Waals surface area contributed by atoms with Gasteiger partial charge in [-0.2, -0.15) is 10.1 Å². The molecule has 46 heavy (non-hydrogen) atoms. The number of amidine groups is 2. The molecule has 2 N–H and O–H groups in total. The molecule has 0 radical (unpaired) electrons. The second-order valence-electron chi connectivity index (χ2n) is 10.3. The lowest BCUT2D eigenvalue weighted by Crippen LogP contribution is -2.37. The van der Waals surface area contributed by atoms with Gasteiger partial charge in [-0.3, -0.25) is 9.98 Å². The standard InChI is InChI=1S/C32H32N8O6/c1-21-31(43-19-37-21)23-7-3-5-9-25(23)39(17-27-33-13-14-34-27)45-29(41)11-12-30(42)46-40(18-28-35-15-16-36-28)26-10-6-4-8-24(26)32-22(2)38-20-44-32/h3-12,19-20H,13-18H2,1-2H3,(H,33,34)(H,35,36)/b12-11+. The number of carbonyl (C=O) groups is 2. The average molecular weight is 625 g/mol. The second kappa shape index (κ2) is 13.8. The highest BCUT2D eigenvalue weighted by molar-refractivity contribution is 5.95. The van der Waals surface area contributed by atoms with Gasteiger partial charge in [0, 0.05) is 36.4 Å². The summed E-state index contributed by atoms with van der Waals surface area (Å²) in [5, 5.41) is 9.18. The molecule has 0 bridgehead atoms. The first-order valence-electron chi connectivity index (χ1n) is 14.7.